The van der Waals surface area contributed by atoms with Gasteiger partial charge in [-0.1, -0.05) is 43.2 Å². The molecule has 1 N–H and O–H groups in total. The zero-order valence-corrected chi connectivity index (χ0v) is 13.9. The molecule has 0 bridgehead atoms. The Kier molecular flexibility index (Phi) is 6.25. The molecular weight excluding hydrogens is 276 g/mol. The van der Waals surface area contributed by atoms with E-state index >= 15 is 0 Å². The Morgan fingerprint density at radius 1 is 1.27 bits per heavy atom. The number of benzene rings is 1. The van der Waals surface area contributed by atoms with Crippen LogP contribution in [0.4, 0.5) is 4.79 Å². The summed E-state index contributed by atoms with van der Waals surface area (Å²) in [4.78, 5) is 14.5. The SMILES string of the molecule is CN[C@@H]1CCCC[C@@H]1N(C(=O)OCc1ccccc1)C(C)C. The Labute approximate surface area is 133 Å². The highest BCUT2D eigenvalue weighted by Crippen LogP contribution is 2.25. The summed E-state index contributed by atoms with van der Waals surface area (Å²) in [5.41, 5.74) is 1.02. The van der Waals surface area contributed by atoms with Crippen molar-refractivity contribution in [1.82, 2.24) is 10.2 Å². The number of amides is 1. The van der Waals surface area contributed by atoms with Crippen molar-refractivity contribution in [2.75, 3.05) is 7.05 Å². The fourth-order valence-electron chi connectivity index (χ4n) is 3.30. The highest BCUT2D eigenvalue weighted by atomic mass is 16.6. The van der Waals surface area contributed by atoms with Gasteiger partial charge in [-0.15, -0.1) is 0 Å². The molecular formula is C18H28N2O2. The lowest BCUT2D eigenvalue weighted by atomic mass is 9.89. The highest BCUT2D eigenvalue weighted by Gasteiger charge is 2.34. The Balaban J connectivity index is 2.01. The van der Waals surface area contributed by atoms with E-state index in [1.54, 1.807) is 0 Å². The van der Waals surface area contributed by atoms with Gasteiger partial charge in [0.25, 0.3) is 0 Å². The molecule has 0 radical (unpaired) electrons. The molecule has 22 heavy (non-hydrogen) atoms. The summed E-state index contributed by atoms with van der Waals surface area (Å²) in [5, 5.41) is 3.37. The van der Waals surface area contributed by atoms with Gasteiger partial charge in [-0.05, 0) is 39.3 Å². The maximum Gasteiger partial charge on any atom is 0.410 e. The molecule has 2 rings (SSSR count). The first kappa shape index (κ1) is 16.8. The van der Waals surface area contributed by atoms with Crippen LogP contribution in [0.3, 0.4) is 0 Å². The Bertz CT molecular complexity index is 461. The van der Waals surface area contributed by atoms with Gasteiger partial charge in [-0.3, -0.25) is 0 Å². The largest absolute Gasteiger partial charge is 0.445 e. The van der Waals surface area contributed by atoms with E-state index in [-0.39, 0.29) is 18.2 Å². The summed E-state index contributed by atoms with van der Waals surface area (Å²) in [6, 6.07) is 10.6. The third kappa shape index (κ3) is 4.23. The lowest BCUT2D eigenvalue weighted by Gasteiger charge is -2.41. The van der Waals surface area contributed by atoms with Crippen LogP contribution in [-0.4, -0.2) is 36.2 Å². The number of ether oxygens (including phenoxy) is 1. The average molecular weight is 304 g/mol. The summed E-state index contributed by atoms with van der Waals surface area (Å²) < 4.78 is 5.56. The molecule has 0 saturated heterocycles. The highest BCUT2D eigenvalue weighted by molar-refractivity contribution is 5.68. The molecule has 1 saturated carbocycles. The normalized spacial score (nSPS) is 21.6. The van der Waals surface area contributed by atoms with Crippen molar-refractivity contribution in [3.8, 4) is 0 Å². The van der Waals surface area contributed by atoms with Crippen LogP contribution in [0, 0.1) is 0 Å². The van der Waals surface area contributed by atoms with Gasteiger partial charge in [-0.2, -0.15) is 0 Å². The van der Waals surface area contributed by atoms with Crippen LogP contribution in [0.25, 0.3) is 0 Å². The quantitative estimate of drug-likeness (QED) is 0.904. The van der Waals surface area contributed by atoms with Gasteiger partial charge in [0.2, 0.25) is 0 Å². The van der Waals surface area contributed by atoms with Crippen LogP contribution in [0.1, 0.15) is 45.1 Å². The predicted molar refractivity (Wildman–Crippen MR) is 88.7 cm³/mol. The second-order valence-corrected chi connectivity index (χ2v) is 6.29. The number of nitrogens with zero attached hydrogens (tertiary/aromatic N) is 1. The van der Waals surface area contributed by atoms with Crippen LogP contribution in [0.2, 0.25) is 0 Å². The fraction of sp³-hybridized carbons (Fsp3) is 0.611. The molecule has 0 aromatic heterocycles. The van der Waals surface area contributed by atoms with Crippen LogP contribution >= 0.6 is 0 Å². The van der Waals surface area contributed by atoms with Crippen molar-refractivity contribution < 1.29 is 9.53 Å². The van der Waals surface area contributed by atoms with E-state index in [1.807, 2.05) is 42.3 Å². The molecule has 0 heterocycles. The van der Waals surface area contributed by atoms with Crippen molar-refractivity contribution in [2.24, 2.45) is 0 Å². The van der Waals surface area contributed by atoms with E-state index in [2.05, 4.69) is 19.2 Å². The molecule has 1 fully saturated rings. The second-order valence-electron chi connectivity index (χ2n) is 6.29. The fourth-order valence-corrected chi connectivity index (χ4v) is 3.30. The lowest BCUT2D eigenvalue weighted by Crippen LogP contribution is -2.55. The molecule has 1 aliphatic carbocycles. The molecule has 1 amide bonds. The topological polar surface area (TPSA) is 41.6 Å². The number of nitrogens with one attached hydrogen (secondary N) is 1. The third-order valence-electron chi connectivity index (χ3n) is 4.43. The standard InChI is InChI=1S/C18H28N2O2/c1-14(2)20(17-12-8-7-11-16(17)19-3)18(21)22-13-15-9-5-4-6-10-15/h4-6,9-10,14,16-17,19H,7-8,11-13H2,1-3H3/t16-,17+/m1/s1. The van der Waals surface area contributed by atoms with Gasteiger partial charge in [0.05, 0.1) is 6.04 Å². The minimum absolute atomic E-state index is 0.141. The zero-order valence-electron chi connectivity index (χ0n) is 13.9. The van der Waals surface area contributed by atoms with Gasteiger partial charge in [0.1, 0.15) is 6.61 Å². The molecule has 1 aliphatic rings. The van der Waals surface area contributed by atoms with Crippen molar-refractivity contribution in [1.29, 1.82) is 0 Å². The maximum atomic E-state index is 12.6. The molecule has 4 nitrogen and oxygen atoms in total. The van der Waals surface area contributed by atoms with Crippen molar-refractivity contribution >= 4 is 6.09 Å². The van der Waals surface area contributed by atoms with Crippen LogP contribution in [0.15, 0.2) is 30.3 Å². The minimum Gasteiger partial charge on any atom is -0.445 e. The molecule has 1 aromatic carbocycles. The smallest absolute Gasteiger partial charge is 0.410 e. The van der Waals surface area contributed by atoms with Gasteiger partial charge in [-0.25, -0.2) is 4.79 Å². The average Bonchev–Trinajstić information content (AvgIpc) is 2.54. The van der Waals surface area contributed by atoms with E-state index in [1.165, 1.54) is 12.8 Å². The minimum atomic E-state index is -0.203. The van der Waals surface area contributed by atoms with Crippen molar-refractivity contribution in [3.63, 3.8) is 0 Å². The molecule has 0 unspecified atom stereocenters. The third-order valence-corrected chi connectivity index (χ3v) is 4.43. The summed E-state index contributed by atoms with van der Waals surface area (Å²) in [7, 11) is 1.98. The zero-order chi connectivity index (χ0) is 15.9. The number of rotatable bonds is 5. The van der Waals surface area contributed by atoms with Gasteiger partial charge in [0, 0.05) is 12.1 Å². The molecule has 122 valence electrons. The summed E-state index contributed by atoms with van der Waals surface area (Å²) in [6.45, 7) is 4.45. The first-order valence-electron chi connectivity index (χ1n) is 8.29. The lowest BCUT2D eigenvalue weighted by molar-refractivity contribution is 0.0487. The van der Waals surface area contributed by atoms with E-state index in [9.17, 15) is 4.79 Å². The maximum absolute atomic E-state index is 12.6. The number of likely N-dealkylation sites (N-methyl/N-ethyl adjacent to an activating group) is 1. The van der Waals surface area contributed by atoms with E-state index in [4.69, 9.17) is 4.74 Å². The predicted octanol–water partition coefficient (Wildman–Crippen LogP) is 3.56. The first-order valence-corrected chi connectivity index (χ1v) is 8.29. The monoisotopic (exact) mass is 304 g/mol. The molecule has 2 atom stereocenters. The van der Waals surface area contributed by atoms with Crippen LogP contribution in [0.5, 0.6) is 0 Å². The van der Waals surface area contributed by atoms with Crippen LogP contribution in [-0.2, 0) is 11.3 Å². The first-order chi connectivity index (χ1) is 10.6. The second kappa shape index (κ2) is 8.18. The van der Waals surface area contributed by atoms with E-state index < -0.39 is 0 Å². The Hall–Kier alpha value is -1.55. The number of carbonyl (C=O) groups excluding carboxylic acids is 1. The molecule has 4 heteroatoms. The summed E-state index contributed by atoms with van der Waals surface area (Å²) >= 11 is 0. The van der Waals surface area contributed by atoms with Crippen LogP contribution < -0.4 is 5.32 Å². The molecule has 0 spiro atoms. The number of carbonyl (C=O) groups is 1. The van der Waals surface area contributed by atoms with Crippen molar-refractivity contribution in [3.05, 3.63) is 35.9 Å². The summed E-state index contributed by atoms with van der Waals surface area (Å²) in [6.07, 6.45) is 4.37. The molecule has 0 aliphatic heterocycles. The van der Waals surface area contributed by atoms with Gasteiger partial charge in [0.15, 0.2) is 0 Å². The Morgan fingerprint density at radius 2 is 1.95 bits per heavy atom. The van der Waals surface area contributed by atoms with Gasteiger partial charge < -0.3 is 15.0 Å². The van der Waals surface area contributed by atoms with Gasteiger partial charge >= 0.3 is 6.09 Å². The van der Waals surface area contributed by atoms with E-state index in [0.29, 0.717) is 12.6 Å². The van der Waals surface area contributed by atoms with E-state index in [0.717, 1.165) is 18.4 Å². The number of hydrogen-bond donors (Lipinski definition) is 1. The number of hydrogen-bond acceptors (Lipinski definition) is 3. The summed E-state index contributed by atoms with van der Waals surface area (Å²) in [5.74, 6) is 0. The molecule has 1 aromatic rings. The Morgan fingerprint density at radius 3 is 2.59 bits per heavy atom. The van der Waals surface area contributed by atoms with Crippen molar-refractivity contribution in [2.45, 2.75) is 64.3 Å².